The lowest BCUT2D eigenvalue weighted by Crippen LogP contribution is -2.28. The summed E-state index contributed by atoms with van der Waals surface area (Å²) in [4.78, 5) is 2.42. The van der Waals surface area contributed by atoms with Crippen LogP contribution in [0.5, 0.6) is 0 Å². The van der Waals surface area contributed by atoms with E-state index in [9.17, 15) is 0 Å². The van der Waals surface area contributed by atoms with Crippen LogP contribution in [0.15, 0.2) is 11.6 Å². The topological polar surface area (TPSA) is 3.24 Å². The zero-order chi connectivity index (χ0) is 7.56. The van der Waals surface area contributed by atoms with Gasteiger partial charge in [0.1, 0.15) is 0 Å². The van der Waals surface area contributed by atoms with Crippen molar-refractivity contribution in [1.82, 2.24) is 4.90 Å². The maximum absolute atomic E-state index is 2.42. The molecule has 0 aromatic carbocycles. The molecule has 0 aromatic heterocycles. The highest BCUT2D eigenvalue weighted by Gasteiger charge is 2.11. The third kappa shape index (κ3) is 1.84. The van der Waals surface area contributed by atoms with E-state index >= 15 is 0 Å². The van der Waals surface area contributed by atoms with Gasteiger partial charge in [0, 0.05) is 12.6 Å². The molecule has 0 fully saturated rings. The molecule has 0 bridgehead atoms. The van der Waals surface area contributed by atoms with Crippen molar-refractivity contribution in [2.75, 3.05) is 13.6 Å². The van der Waals surface area contributed by atoms with E-state index in [2.05, 4.69) is 31.9 Å². The predicted molar refractivity (Wildman–Crippen MR) is 45.1 cm³/mol. The van der Waals surface area contributed by atoms with Crippen LogP contribution in [0.1, 0.15) is 26.7 Å². The van der Waals surface area contributed by atoms with Gasteiger partial charge in [0.05, 0.1) is 0 Å². The van der Waals surface area contributed by atoms with Crippen molar-refractivity contribution in [3.05, 3.63) is 11.6 Å². The molecule has 58 valence electrons. The summed E-state index contributed by atoms with van der Waals surface area (Å²) >= 11 is 0. The first kappa shape index (κ1) is 7.80. The molecule has 1 rings (SSSR count). The van der Waals surface area contributed by atoms with Crippen LogP contribution in [0, 0.1) is 0 Å². The van der Waals surface area contributed by atoms with Gasteiger partial charge < -0.3 is 4.90 Å². The van der Waals surface area contributed by atoms with E-state index in [0.717, 1.165) is 6.04 Å². The Kier molecular flexibility index (Phi) is 2.50. The largest absolute Gasteiger partial charge is 0.303 e. The highest BCUT2D eigenvalue weighted by atomic mass is 15.1. The second-order valence-electron chi connectivity index (χ2n) is 3.37. The van der Waals surface area contributed by atoms with Gasteiger partial charge in [-0.1, -0.05) is 11.6 Å². The van der Waals surface area contributed by atoms with E-state index in [1.54, 1.807) is 5.57 Å². The molecule has 1 atom stereocenters. The summed E-state index contributed by atoms with van der Waals surface area (Å²) in [6, 6.07) is 0.735. The maximum Gasteiger partial charge on any atom is 0.0101 e. The van der Waals surface area contributed by atoms with Gasteiger partial charge in [-0.3, -0.25) is 0 Å². The van der Waals surface area contributed by atoms with Crippen LogP contribution in [0.3, 0.4) is 0 Å². The summed E-state index contributed by atoms with van der Waals surface area (Å²) in [5.41, 5.74) is 1.55. The van der Waals surface area contributed by atoms with Crippen LogP contribution in [-0.4, -0.2) is 24.5 Å². The van der Waals surface area contributed by atoms with E-state index in [-0.39, 0.29) is 0 Å². The maximum atomic E-state index is 2.42. The van der Waals surface area contributed by atoms with Gasteiger partial charge in [-0.15, -0.1) is 0 Å². The monoisotopic (exact) mass is 139 g/mol. The van der Waals surface area contributed by atoms with Crippen LogP contribution in [-0.2, 0) is 0 Å². The SMILES string of the molecule is CC1=CCCN(C)C(C)C1. The Morgan fingerprint density at radius 3 is 3.00 bits per heavy atom. The summed E-state index contributed by atoms with van der Waals surface area (Å²) in [6.07, 6.45) is 4.84. The lowest BCUT2D eigenvalue weighted by atomic mass is 10.1. The fourth-order valence-electron chi connectivity index (χ4n) is 1.44. The first-order chi connectivity index (χ1) is 4.70. The van der Waals surface area contributed by atoms with Crippen molar-refractivity contribution < 1.29 is 0 Å². The van der Waals surface area contributed by atoms with E-state index in [1.807, 2.05) is 0 Å². The molecule has 1 aliphatic heterocycles. The summed E-state index contributed by atoms with van der Waals surface area (Å²) in [6.45, 7) is 5.75. The van der Waals surface area contributed by atoms with Gasteiger partial charge in [-0.2, -0.15) is 0 Å². The molecule has 1 nitrogen and oxygen atoms in total. The Morgan fingerprint density at radius 2 is 2.30 bits per heavy atom. The molecule has 0 aliphatic carbocycles. The number of hydrogen-bond donors (Lipinski definition) is 0. The van der Waals surface area contributed by atoms with Crippen LogP contribution in [0.25, 0.3) is 0 Å². The van der Waals surface area contributed by atoms with E-state index in [4.69, 9.17) is 0 Å². The van der Waals surface area contributed by atoms with E-state index < -0.39 is 0 Å². The lowest BCUT2D eigenvalue weighted by molar-refractivity contribution is 0.268. The predicted octanol–water partition coefficient (Wildman–Crippen LogP) is 2.05. The van der Waals surface area contributed by atoms with Gasteiger partial charge >= 0.3 is 0 Å². The lowest BCUT2D eigenvalue weighted by Gasteiger charge is -2.21. The second-order valence-corrected chi connectivity index (χ2v) is 3.37. The van der Waals surface area contributed by atoms with Gasteiger partial charge in [0.15, 0.2) is 0 Å². The number of nitrogens with zero attached hydrogens (tertiary/aromatic N) is 1. The van der Waals surface area contributed by atoms with Crippen molar-refractivity contribution in [3.63, 3.8) is 0 Å². The Morgan fingerprint density at radius 1 is 1.60 bits per heavy atom. The molecule has 10 heavy (non-hydrogen) atoms. The number of hydrogen-bond acceptors (Lipinski definition) is 1. The van der Waals surface area contributed by atoms with Crippen molar-refractivity contribution in [1.29, 1.82) is 0 Å². The zero-order valence-electron chi connectivity index (χ0n) is 7.22. The average molecular weight is 139 g/mol. The van der Waals surface area contributed by atoms with Crippen molar-refractivity contribution >= 4 is 0 Å². The quantitative estimate of drug-likeness (QED) is 0.464. The standard InChI is InChI=1S/C9H17N/c1-8-5-4-6-10(3)9(2)7-8/h5,9H,4,6-7H2,1-3H3. The Bertz CT molecular complexity index is 138. The summed E-state index contributed by atoms with van der Waals surface area (Å²) in [5.74, 6) is 0. The normalized spacial score (nSPS) is 29.5. The average Bonchev–Trinajstić information content (AvgIpc) is 1.96. The molecule has 0 saturated heterocycles. The van der Waals surface area contributed by atoms with Crippen molar-refractivity contribution in [2.45, 2.75) is 32.7 Å². The molecule has 0 N–H and O–H groups in total. The minimum Gasteiger partial charge on any atom is -0.303 e. The molecule has 0 amide bonds. The highest BCUT2D eigenvalue weighted by Crippen LogP contribution is 2.14. The van der Waals surface area contributed by atoms with Crippen LogP contribution < -0.4 is 0 Å². The third-order valence-corrected chi connectivity index (χ3v) is 2.34. The number of rotatable bonds is 0. The van der Waals surface area contributed by atoms with E-state index in [1.165, 1.54) is 19.4 Å². The molecule has 1 aliphatic rings. The molecule has 1 heteroatoms. The van der Waals surface area contributed by atoms with E-state index in [0.29, 0.717) is 0 Å². The molecule has 1 heterocycles. The van der Waals surface area contributed by atoms with Crippen LogP contribution in [0.2, 0.25) is 0 Å². The highest BCUT2D eigenvalue weighted by molar-refractivity contribution is 5.02. The smallest absolute Gasteiger partial charge is 0.0101 e. The molecule has 0 saturated carbocycles. The zero-order valence-corrected chi connectivity index (χ0v) is 7.22. The van der Waals surface area contributed by atoms with Crippen LogP contribution in [0.4, 0.5) is 0 Å². The summed E-state index contributed by atoms with van der Waals surface area (Å²) in [7, 11) is 2.21. The molecule has 0 aromatic rings. The minimum absolute atomic E-state index is 0.735. The van der Waals surface area contributed by atoms with Gasteiger partial charge in [-0.25, -0.2) is 0 Å². The summed E-state index contributed by atoms with van der Waals surface area (Å²) in [5, 5.41) is 0. The molecule has 0 radical (unpaired) electrons. The molecular weight excluding hydrogens is 122 g/mol. The Hall–Kier alpha value is -0.300. The third-order valence-electron chi connectivity index (χ3n) is 2.34. The van der Waals surface area contributed by atoms with Crippen molar-refractivity contribution in [2.24, 2.45) is 0 Å². The first-order valence-electron chi connectivity index (χ1n) is 4.06. The molecule has 1 unspecified atom stereocenters. The fourth-order valence-corrected chi connectivity index (χ4v) is 1.44. The molecular formula is C9H17N. The Labute approximate surface area is 63.7 Å². The fraction of sp³-hybridized carbons (Fsp3) is 0.778. The molecule has 0 spiro atoms. The first-order valence-corrected chi connectivity index (χ1v) is 4.06. The van der Waals surface area contributed by atoms with Gasteiger partial charge in [0.2, 0.25) is 0 Å². The van der Waals surface area contributed by atoms with Gasteiger partial charge in [-0.05, 0) is 33.7 Å². The minimum atomic E-state index is 0.735. The van der Waals surface area contributed by atoms with Crippen LogP contribution >= 0.6 is 0 Å². The van der Waals surface area contributed by atoms with Gasteiger partial charge in [0.25, 0.3) is 0 Å². The Balaban J connectivity index is 2.53. The summed E-state index contributed by atoms with van der Waals surface area (Å²) < 4.78 is 0. The second kappa shape index (κ2) is 3.20. The van der Waals surface area contributed by atoms with Crippen molar-refractivity contribution in [3.8, 4) is 0 Å².